The van der Waals surface area contributed by atoms with Crippen LogP contribution in [0.25, 0.3) is 0 Å². The molecule has 1 N–H and O–H groups in total. The second kappa shape index (κ2) is 4.78. The van der Waals surface area contributed by atoms with Crippen LogP contribution in [0.3, 0.4) is 0 Å². The van der Waals surface area contributed by atoms with E-state index in [9.17, 15) is 4.79 Å². The van der Waals surface area contributed by atoms with Crippen molar-refractivity contribution in [2.24, 2.45) is 5.92 Å². The van der Waals surface area contributed by atoms with Gasteiger partial charge in [0.2, 0.25) is 6.79 Å². The van der Waals surface area contributed by atoms with Crippen LogP contribution >= 0.6 is 11.6 Å². The van der Waals surface area contributed by atoms with E-state index < -0.39 is 0 Å². The predicted molar refractivity (Wildman–Crippen MR) is 67.5 cm³/mol. The molecule has 18 heavy (non-hydrogen) atoms. The van der Waals surface area contributed by atoms with Crippen molar-refractivity contribution in [3.05, 3.63) is 22.7 Å². The monoisotopic (exact) mass is 267 g/mol. The van der Waals surface area contributed by atoms with Crippen LogP contribution in [0, 0.1) is 5.92 Å². The number of hydrogen-bond acceptors (Lipinski definition) is 4. The Hall–Kier alpha value is -1.26. The average molecular weight is 268 g/mol. The standard InChI is InChI=1S/C13H14ClNO3/c14-10-6-12-11(17-7-18-12)5-9(10)13(16)8-1-3-15-4-2-8/h5-6,8,15H,1-4,7H2. The average Bonchev–Trinajstić information content (AvgIpc) is 2.85. The van der Waals surface area contributed by atoms with Gasteiger partial charge < -0.3 is 14.8 Å². The highest BCUT2D eigenvalue weighted by molar-refractivity contribution is 6.34. The molecule has 4 nitrogen and oxygen atoms in total. The molecule has 0 saturated carbocycles. The first kappa shape index (κ1) is 11.8. The molecular weight excluding hydrogens is 254 g/mol. The van der Waals surface area contributed by atoms with Crippen molar-refractivity contribution in [2.75, 3.05) is 19.9 Å². The van der Waals surface area contributed by atoms with E-state index in [2.05, 4.69) is 5.32 Å². The highest BCUT2D eigenvalue weighted by atomic mass is 35.5. The third-order valence-electron chi connectivity index (χ3n) is 3.44. The van der Waals surface area contributed by atoms with Crippen LogP contribution in [0.4, 0.5) is 0 Å². The number of carbonyl (C=O) groups excluding carboxylic acids is 1. The highest BCUT2D eigenvalue weighted by Crippen LogP contribution is 2.38. The van der Waals surface area contributed by atoms with E-state index >= 15 is 0 Å². The summed E-state index contributed by atoms with van der Waals surface area (Å²) < 4.78 is 10.5. The van der Waals surface area contributed by atoms with Crippen LogP contribution in [0.5, 0.6) is 11.5 Å². The molecule has 0 atom stereocenters. The Kier molecular flexibility index (Phi) is 3.14. The molecule has 0 aromatic heterocycles. The van der Waals surface area contributed by atoms with Crippen LogP contribution in [0.2, 0.25) is 5.02 Å². The van der Waals surface area contributed by atoms with Crippen molar-refractivity contribution < 1.29 is 14.3 Å². The summed E-state index contributed by atoms with van der Waals surface area (Å²) in [7, 11) is 0. The summed E-state index contributed by atoms with van der Waals surface area (Å²) in [6.45, 7) is 1.97. The van der Waals surface area contributed by atoms with E-state index in [-0.39, 0.29) is 18.5 Å². The molecule has 0 aliphatic carbocycles. The van der Waals surface area contributed by atoms with E-state index in [0.717, 1.165) is 25.9 Å². The van der Waals surface area contributed by atoms with Crippen molar-refractivity contribution >= 4 is 17.4 Å². The molecule has 2 heterocycles. The number of carbonyl (C=O) groups is 1. The van der Waals surface area contributed by atoms with E-state index in [1.165, 1.54) is 0 Å². The van der Waals surface area contributed by atoms with Gasteiger partial charge in [-0.15, -0.1) is 0 Å². The van der Waals surface area contributed by atoms with E-state index in [1.54, 1.807) is 12.1 Å². The van der Waals surface area contributed by atoms with Gasteiger partial charge in [0.1, 0.15) is 0 Å². The number of ether oxygens (including phenoxy) is 2. The number of piperidine rings is 1. The minimum Gasteiger partial charge on any atom is -0.454 e. The van der Waals surface area contributed by atoms with Gasteiger partial charge in [0, 0.05) is 17.5 Å². The molecule has 0 spiro atoms. The smallest absolute Gasteiger partial charge is 0.231 e. The Morgan fingerprint density at radius 3 is 2.61 bits per heavy atom. The van der Waals surface area contributed by atoms with Crippen molar-refractivity contribution in [3.63, 3.8) is 0 Å². The summed E-state index contributed by atoms with van der Waals surface area (Å²) in [6, 6.07) is 3.37. The van der Waals surface area contributed by atoms with Crippen LogP contribution in [-0.4, -0.2) is 25.7 Å². The number of fused-ring (bicyclic) bond motifs is 1. The zero-order valence-corrected chi connectivity index (χ0v) is 10.6. The van der Waals surface area contributed by atoms with Gasteiger partial charge in [0.05, 0.1) is 5.02 Å². The lowest BCUT2D eigenvalue weighted by Gasteiger charge is -2.21. The molecule has 2 aliphatic rings. The number of rotatable bonds is 2. The first-order valence-corrected chi connectivity index (χ1v) is 6.47. The molecule has 96 valence electrons. The Morgan fingerprint density at radius 2 is 1.89 bits per heavy atom. The zero-order valence-electron chi connectivity index (χ0n) is 9.87. The van der Waals surface area contributed by atoms with Gasteiger partial charge in [-0.25, -0.2) is 0 Å². The van der Waals surface area contributed by atoms with Crippen molar-refractivity contribution in [2.45, 2.75) is 12.8 Å². The third kappa shape index (κ3) is 2.06. The van der Waals surface area contributed by atoms with Crippen LogP contribution < -0.4 is 14.8 Å². The number of nitrogens with one attached hydrogen (secondary N) is 1. The fourth-order valence-electron chi connectivity index (χ4n) is 2.41. The van der Waals surface area contributed by atoms with Crippen molar-refractivity contribution in [1.82, 2.24) is 5.32 Å². The molecule has 1 aromatic rings. The molecule has 5 heteroatoms. The first-order chi connectivity index (χ1) is 8.75. The molecule has 0 amide bonds. The highest BCUT2D eigenvalue weighted by Gasteiger charge is 2.26. The number of halogens is 1. The summed E-state index contributed by atoms with van der Waals surface area (Å²) in [5, 5.41) is 3.69. The molecule has 2 aliphatic heterocycles. The van der Waals surface area contributed by atoms with Gasteiger partial charge >= 0.3 is 0 Å². The Balaban J connectivity index is 1.89. The predicted octanol–water partition coefficient (Wildman–Crippen LogP) is 2.25. The quantitative estimate of drug-likeness (QED) is 0.835. The maximum absolute atomic E-state index is 12.4. The van der Waals surface area contributed by atoms with E-state index in [0.29, 0.717) is 22.1 Å². The second-order valence-corrected chi connectivity index (χ2v) is 4.98. The van der Waals surface area contributed by atoms with Gasteiger partial charge in [-0.1, -0.05) is 11.6 Å². The molecule has 3 rings (SSSR count). The maximum Gasteiger partial charge on any atom is 0.231 e. The molecule has 0 unspecified atom stereocenters. The summed E-state index contributed by atoms with van der Waals surface area (Å²) in [6.07, 6.45) is 1.73. The number of ketones is 1. The first-order valence-electron chi connectivity index (χ1n) is 6.10. The number of benzene rings is 1. The summed E-state index contributed by atoms with van der Waals surface area (Å²) in [5.41, 5.74) is 0.549. The normalized spacial score (nSPS) is 18.9. The van der Waals surface area contributed by atoms with Gasteiger partial charge in [-0.2, -0.15) is 0 Å². The SMILES string of the molecule is O=C(c1cc2c(cc1Cl)OCO2)C1CCNCC1. The van der Waals surface area contributed by atoms with Crippen LogP contribution in [0.15, 0.2) is 12.1 Å². The zero-order chi connectivity index (χ0) is 12.5. The lowest BCUT2D eigenvalue weighted by Crippen LogP contribution is -2.32. The second-order valence-electron chi connectivity index (χ2n) is 4.57. The molecule has 1 saturated heterocycles. The topological polar surface area (TPSA) is 47.6 Å². The van der Waals surface area contributed by atoms with Gasteiger partial charge in [0.25, 0.3) is 0 Å². The van der Waals surface area contributed by atoms with Gasteiger partial charge in [-0.05, 0) is 32.0 Å². The fourth-order valence-corrected chi connectivity index (χ4v) is 2.66. The molecule has 1 aromatic carbocycles. The number of Topliss-reactive ketones (excluding diaryl/α,β-unsaturated/α-hetero) is 1. The van der Waals surface area contributed by atoms with Gasteiger partial charge in [-0.3, -0.25) is 4.79 Å². The molecule has 1 fully saturated rings. The molecular formula is C13H14ClNO3. The molecule has 0 bridgehead atoms. The van der Waals surface area contributed by atoms with Crippen LogP contribution in [0.1, 0.15) is 23.2 Å². The Bertz CT molecular complexity index is 483. The number of hydrogen-bond donors (Lipinski definition) is 1. The van der Waals surface area contributed by atoms with Gasteiger partial charge in [0.15, 0.2) is 17.3 Å². The Labute approximate surface area is 110 Å². The largest absolute Gasteiger partial charge is 0.454 e. The van der Waals surface area contributed by atoms with E-state index in [4.69, 9.17) is 21.1 Å². The minimum absolute atomic E-state index is 0.0594. The van der Waals surface area contributed by atoms with Crippen molar-refractivity contribution in [1.29, 1.82) is 0 Å². The maximum atomic E-state index is 12.4. The lowest BCUT2D eigenvalue weighted by molar-refractivity contribution is 0.0895. The summed E-state index contributed by atoms with van der Waals surface area (Å²) >= 11 is 6.15. The van der Waals surface area contributed by atoms with Crippen molar-refractivity contribution in [3.8, 4) is 11.5 Å². The van der Waals surface area contributed by atoms with Crippen LogP contribution in [-0.2, 0) is 0 Å². The third-order valence-corrected chi connectivity index (χ3v) is 3.75. The Morgan fingerprint density at radius 1 is 1.22 bits per heavy atom. The minimum atomic E-state index is 0.0594. The summed E-state index contributed by atoms with van der Waals surface area (Å²) in [4.78, 5) is 12.4. The molecule has 0 radical (unpaired) electrons. The fraction of sp³-hybridized carbons (Fsp3) is 0.462. The summed E-state index contributed by atoms with van der Waals surface area (Å²) in [5.74, 6) is 1.39. The lowest BCUT2D eigenvalue weighted by atomic mass is 9.89. The van der Waals surface area contributed by atoms with E-state index in [1.807, 2.05) is 0 Å².